The minimum absolute atomic E-state index is 0.0373. The van der Waals surface area contributed by atoms with Crippen LogP contribution in [0.3, 0.4) is 0 Å². The Kier molecular flexibility index (Phi) is 5.91. The van der Waals surface area contributed by atoms with Crippen LogP contribution in [-0.4, -0.2) is 21.6 Å². The van der Waals surface area contributed by atoms with Crippen molar-refractivity contribution in [2.45, 2.75) is 5.16 Å². The molecule has 1 amide bonds. The molecular formula is C19H13ClN4O2S. The Hall–Kier alpha value is -3.08. The monoisotopic (exact) mass is 396 g/mol. The maximum atomic E-state index is 12.2. The van der Waals surface area contributed by atoms with Crippen LogP contribution in [0.15, 0.2) is 64.5 Å². The Balaban J connectivity index is 1.77. The van der Waals surface area contributed by atoms with Crippen LogP contribution in [0.25, 0.3) is 11.3 Å². The lowest BCUT2D eigenvalue weighted by Gasteiger charge is -2.07. The second kappa shape index (κ2) is 8.54. The van der Waals surface area contributed by atoms with Crippen LogP contribution in [0.5, 0.6) is 0 Å². The molecule has 0 bridgehead atoms. The summed E-state index contributed by atoms with van der Waals surface area (Å²) in [5, 5.41) is 12.8. The highest BCUT2D eigenvalue weighted by Crippen LogP contribution is 2.22. The van der Waals surface area contributed by atoms with Crippen LogP contribution in [0.1, 0.15) is 5.56 Å². The summed E-state index contributed by atoms with van der Waals surface area (Å²) >= 11 is 6.96. The van der Waals surface area contributed by atoms with E-state index in [1.807, 2.05) is 12.1 Å². The van der Waals surface area contributed by atoms with E-state index in [4.69, 9.17) is 11.6 Å². The number of nitrogens with one attached hydrogen (secondary N) is 2. The molecule has 0 saturated carbocycles. The van der Waals surface area contributed by atoms with E-state index in [-0.39, 0.29) is 22.4 Å². The maximum Gasteiger partial charge on any atom is 0.270 e. The van der Waals surface area contributed by atoms with E-state index < -0.39 is 5.56 Å². The van der Waals surface area contributed by atoms with Crippen LogP contribution in [0.2, 0.25) is 5.02 Å². The summed E-state index contributed by atoms with van der Waals surface area (Å²) in [6, 6.07) is 17.7. The summed E-state index contributed by atoms with van der Waals surface area (Å²) in [5.74, 6) is -0.231. The first-order valence-corrected chi connectivity index (χ1v) is 9.21. The normalized spacial score (nSPS) is 10.2. The Morgan fingerprint density at radius 3 is 2.70 bits per heavy atom. The highest BCUT2D eigenvalue weighted by atomic mass is 35.5. The highest BCUT2D eigenvalue weighted by Gasteiger charge is 2.14. The largest absolute Gasteiger partial charge is 0.325 e. The van der Waals surface area contributed by atoms with Crippen molar-refractivity contribution >= 4 is 35.0 Å². The Morgan fingerprint density at radius 1 is 1.22 bits per heavy atom. The molecule has 0 spiro atoms. The smallest absolute Gasteiger partial charge is 0.270 e. The molecule has 2 N–H and O–H groups in total. The number of carbonyl (C=O) groups is 1. The number of aromatic amines is 1. The number of nitriles is 1. The van der Waals surface area contributed by atoms with Crippen molar-refractivity contribution in [1.29, 1.82) is 5.26 Å². The quantitative estimate of drug-likeness (QED) is 0.506. The van der Waals surface area contributed by atoms with E-state index in [2.05, 4.69) is 15.3 Å². The molecule has 2 aromatic carbocycles. The van der Waals surface area contributed by atoms with Gasteiger partial charge in [0, 0.05) is 16.3 Å². The molecule has 0 fully saturated rings. The molecule has 6 nitrogen and oxygen atoms in total. The molecule has 0 radical (unpaired) electrons. The zero-order valence-electron chi connectivity index (χ0n) is 13.9. The fourth-order valence-electron chi connectivity index (χ4n) is 2.33. The third kappa shape index (κ3) is 4.76. The topological polar surface area (TPSA) is 98.6 Å². The minimum atomic E-state index is -0.538. The number of thioether (sulfide) groups is 1. The van der Waals surface area contributed by atoms with Crippen molar-refractivity contribution in [2.75, 3.05) is 11.1 Å². The first-order valence-electron chi connectivity index (χ1n) is 7.85. The number of carbonyl (C=O) groups excluding carboxylic acids is 1. The molecule has 1 aromatic heterocycles. The SMILES string of the molecule is N#Cc1c(-c2ccccc2)nc(SCC(=O)Nc2cccc(Cl)c2)[nH]c1=O. The molecular weight excluding hydrogens is 384 g/mol. The number of hydrogen-bond acceptors (Lipinski definition) is 5. The minimum Gasteiger partial charge on any atom is -0.325 e. The lowest BCUT2D eigenvalue weighted by molar-refractivity contribution is -0.113. The zero-order valence-corrected chi connectivity index (χ0v) is 15.5. The lowest BCUT2D eigenvalue weighted by atomic mass is 10.1. The number of aromatic nitrogens is 2. The third-order valence-electron chi connectivity index (χ3n) is 3.51. The van der Waals surface area contributed by atoms with Crippen LogP contribution >= 0.6 is 23.4 Å². The van der Waals surface area contributed by atoms with Crippen molar-refractivity contribution in [2.24, 2.45) is 0 Å². The van der Waals surface area contributed by atoms with E-state index >= 15 is 0 Å². The first kappa shape index (κ1) is 18.7. The van der Waals surface area contributed by atoms with Gasteiger partial charge in [-0.15, -0.1) is 0 Å². The number of halogens is 1. The summed E-state index contributed by atoms with van der Waals surface area (Å²) in [7, 11) is 0. The lowest BCUT2D eigenvalue weighted by Crippen LogP contribution is -2.17. The van der Waals surface area contributed by atoms with E-state index in [1.54, 1.807) is 48.5 Å². The van der Waals surface area contributed by atoms with E-state index in [1.165, 1.54) is 0 Å². The number of H-pyrrole nitrogens is 1. The first-order chi connectivity index (χ1) is 13.1. The van der Waals surface area contributed by atoms with Crippen LogP contribution in [0.4, 0.5) is 5.69 Å². The fourth-order valence-corrected chi connectivity index (χ4v) is 3.18. The molecule has 134 valence electrons. The second-order valence-electron chi connectivity index (χ2n) is 5.42. The molecule has 0 saturated heterocycles. The van der Waals surface area contributed by atoms with E-state index in [0.29, 0.717) is 22.0 Å². The molecule has 3 rings (SSSR count). The van der Waals surface area contributed by atoms with Gasteiger partial charge in [0.05, 0.1) is 11.4 Å². The van der Waals surface area contributed by atoms with Gasteiger partial charge in [0.25, 0.3) is 5.56 Å². The summed E-state index contributed by atoms with van der Waals surface area (Å²) in [6.07, 6.45) is 0. The van der Waals surface area contributed by atoms with Gasteiger partial charge in [-0.05, 0) is 18.2 Å². The Bertz CT molecular complexity index is 1080. The highest BCUT2D eigenvalue weighted by molar-refractivity contribution is 7.99. The molecule has 0 aliphatic rings. The Labute approximate surface area is 164 Å². The Morgan fingerprint density at radius 2 is 2.00 bits per heavy atom. The number of anilines is 1. The van der Waals surface area contributed by atoms with E-state index in [9.17, 15) is 14.9 Å². The zero-order chi connectivity index (χ0) is 19.2. The van der Waals surface area contributed by atoms with Crippen molar-refractivity contribution in [3.63, 3.8) is 0 Å². The van der Waals surface area contributed by atoms with Crippen molar-refractivity contribution in [3.8, 4) is 17.3 Å². The molecule has 0 aliphatic carbocycles. The van der Waals surface area contributed by atoms with Gasteiger partial charge in [0.15, 0.2) is 5.16 Å². The predicted octanol–water partition coefficient (Wildman–Crippen LogP) is 3.69. The van der Waals surface area contributed by atoms with Gasteiger partial charge in [-0.1, -0.05) is 59.8 Å². The second-order valence-corrected chi connectivity index (χ2v) is 6.82. The van der Waals surface area contributed by atoms with Crippen molar-refractivity contribution < 1.29 is 4.79 Å². The average Bonchev–Trinajstić information content (AvgIpc) is 2.66. The number of hydrogen-bond donors (Lipinski definition) is 2. The molecule has 1 heterocycles. The van der Waals surface area contributed by atoms with Gasteiger partial charge in [0.1, 0.15) is 11.6 Å². The number of amides is 1. The molecule has 27 heavy (non-hydrogen) atoms. The van der Waals surface area contributed by atoms with Crippen molar-refractivity contribution in [3.05, 3.63) is 75.5 Å². The number of nitrogens with zero attached hydrogens (tertiary/aromatic N) is 2. The summed E-state index contributed by atoms with van der Waals surface area (Å²) in [4.78, 5) is 31.2. The molecule has 0 atom stereocenters. The number of benzene rings is 2. The van der Waals surface area contributed by atoms with Gasteiger partial charge >= 0.3 is 0 Å². The van der Waals surface area contributed by atoms with Gasteiger partial charge in [-0.2, -0.15) is 5.26 Å². The van der Waals surface area contributed by atoms with Crippen LogP contribution in [0, 0.1) is 11.3 Å². The fraction of sp³-hybridized carbons (Fsp3) is 0.0526. The summed E-state index contributed by atoms with van der Waals surface area (Å²) < 4.78 is 0. The summed E-state index contributed by atoms with van der Waals surface area (Å²) in [5.41, 5.74) is 0.933. The predicted molar refractivity (Wildman–Crippen MR) is 106 cm³/mol. The molecule has 0 unspecified atom stereocenters. The molecule has 8 heteroatoms. The van der Waals surface area contributed by atoms with Gasteiger partial charge in [-0.3, -0.25) is 9.59 Å². The van der Waals surface area contributed by atoms with Crippen LogP contribution in [-0.2, 0) is 4.79 Å². The van der Waals surface area contributed by atoms with Crippen molar-refractivity contribution in [1.82, 2.24) is 9.97 Å². The number of rotatable bonds is 5. The average molecular weight is 397 g/mol. The van der Waals surface area contributed by atoms with Gasteiger partial charge in [-0.25, -0.2) is 4.98 Å². The third-order valence-corrected chi connectivity index (χ3v) is 4.61. The van der Waals surface area contributed by atoms with E-state index in [0.717, 1.165) is 11.8 Å². The maximum absolute atomic E-state index is 12.2. The molecule has 0 aliphatic heterocycles. The summed E-state index contributed by atoms with van der Waals surface area (Å²) in [6.45, 7) is 0. The van der Waals surface area contributed by atoms with Gasteiger partial charge in [0.2, 0.25) is 5.91 Å². The molecule has 3 aromatic rings. The standard InChI is InChI=1S/C19H13ClN4O2S/c20-13-7-4-8-14(9-13)22-16(25)11-27-19-23-17(12-5-2-1-3-6-12)15(10-21)18(26)24-19/h1-9H,11H2,(H,22,25)(H,23,24,26). The van der Waals surface area contributed by atoms with Crippen LogP contribution < -0.4 is 10.9 Å². The van der Waals surface area contributed by atoms with Gasteiger partial charge < -0.3 is 10.3 Å².